The molecule has 0 bridgehead atoms. The lowest BCUT2D eigenvalue weighted by Crippen LogP contribution is -2.56. The van der Waals surface area contributed by atoms with E-state index in [4.69, 9.17) is 9.47 Å². The molecule has 0 radical (unpaired) electrons. The number of nitrogens with zero attached hydrogens (tertiary/aromatic N) is 1. The first kappa shape index (κ1) is 11.3. The standard InChI is InChI=1S/C11H21NO3/c1-8-5-12(6-9(2)15-8)10-7-14-4-3-11(10)13/h8-11,13H,3-7H2,1-2H3/t8-,9+,10?,11?. The number of ether oxygens (including phenoxy) is 2. The van der Waals surface area contributed by atoms with E-state index in [1.165, 1.54) is 0 Å². The van der Waals surface area contributed by atoms with Gasteiger partial charge < -0.3 is 14.6 Å². The van der Waals surface area contributed by atoms with Gasteiger partial charge in [-0.1, -0.05) is 0 Å². The summed E-state index contributed by atoms with van der Waals surface area (Å²) in [6.07, 6.45) is 1.02. The summed E-state index contributed by atoms with van der Waals surface area (Å²) < 4.78 is 11.1. The van der Waals surface area contributed by atoms with Gasteiger partial charge in [0.1, 0.15) is 0 Å². The van der Waals surface area contributed by atoms with Crippen LogP contribution in [0.3, 0.4) is 0 Å². The second-order valence-electron chi connectivity index (χ2n) is 4.71. The Labute approximate surface area is 91.2 Å². The highest BCUT2D eigenvalue weighted by Gasteiger charge is 2.33. The van der Waals surface area contributed by atoms with Gasteiger partial charge in [-0.25, -0.2) is 0 Å². The molecule has 0 aliphatic carbocycles. The molecule has 2 rings (SSSR count). The van der Waals surface area contributed by atoms with Crippen molar-refractivity contribution in [3.8, 4) is 0 Å². The van der Waals surface area contributed by atoms with E-state index < -0.39 is 0 Å². The van der Waals surface area contributed by atoms with E-state index >= 15 is 0 Å². The fourth-order valence-electron chi connectivity index (χ4n) is 2.55. The van der Waals surface area contributed by atoms with Crippen molar-refractivity contribution in [2.24, 2.45) is 0 Å². The van der Waals surface area contributed by atoms with Gasteiger partial charge in [0.05, 0.1) is 31.0 Å². The fourth-order valence-corrected chi connectivity index (χ4v) is 2.55. The van der Waals surface area contributed by atoms with Crippen LogP contribution < -0.4 is 0 Å². The third-order valence-corrected chi connectivity index (χ3v) is 3.21. The molecule has 2 aliphatic heterocycles. The van der Waals surface area contributed by atoms with Gasteiger partial charge in [-0.3, -0.25) is 4.90 Å². The van der Waals surface area contributed by atoms with Crippen LogP contribution in [0, 0.1) is 0 Å². The van der Waals surface area contributed by atoms with E-state index in [2.05, 4.69) is 18.7 Å². The third-order valence-electron chi connectivity index (χ3n) is 3.21. The molecule has 4 heteroatoms. The Bertz CT molecular complexity index is 202. The zero-order chi connectivity index (χ0) is 10.8. The molecule has 1 N–H and O–H groups in total. The third kappa shape index (κ3) is 2.69. The Hall–Kier alpha value is -0.160. The molecule has 2 aliphatic rings. The van der Waals surface area contributed by atoms with Crippen LogP contribution in [0.4, 0.5) is 0 Å². The van der Waals surface area contributed by atoms with Crippen molar-refractivity contribution in [2.75, 3.05) is 26.3 Å². The lowest BCUT2D eigenvalue weighted by Gasteiger charge is -2.43. The summed E-state index contributed by atoms with van der Waals surface area (Å²) in [4.78, 5) is 2.31. The molecule has 2 saturated heterocycles. The summed E-state index contributed by atoms with van der Waals surface area (Å²) in [5.74, 6) is 0. The summed E-state index contributed by atoms with van der Waals surface area (Å²) in [5, 5.41) is 9.93. The van der Waals surface area contributed by atoms with E-state index in [-0.39, 0.29) is 24.4 Å². The minimum absolute atomic E-state index is 0.160. The number of aliphatic hydroxyl groups excluding tert-OH is 1. The van der Waals surface area contributed by atoms with E-state index in [1.807, 2.05) is 0 Å². The van der Waals surface area contributed by atoms with Crippen molar-refractivity contribution >= 4 is 0 Å². The molecule has 2 fully saturated rings. The van der Waals surface area contributed by atoms with E-state index in [9.17, 15) is 5.11 Å². The summed E-state index contributed by atoms with van der Waals surface area (Å²) >= 11 is 0. The quantitative estimate of drug-likeness (QED) is 0.680. The Morgan fingerprint density at radius 2 is 1.87 bits per heavy atom. The maximum atomic E-state index is 9.93. The molecule has 0 saturated carbocycles. The summed E-state index contributed by atoms with van der Waals surface area (Å²) in [5.41, 5.74) is 0. The molecule has 0 spiro atoms. The number of morpholine rings is 1. The first-order valence-electron chi connectivity index (χ1n) is 5.82. The van der Waals surface area contributed by atoms with Gasteiger partial charge in [0, 0.05) is 19.7 Å². The molecule has 4 atom stereocenters. The van der Waals surface area contributed by atoms with Crippen molar-refractivity contribution < 1.29 is 14.6 Å². The van der Waals surface area contributed by atoms with E-state index in [1.54, 1.807) is 0 Å². The molecule has 2 unspecified atom stereocenters. The fraction of sp³-hybridized carbons (Fsp3) is 1.00. The van der Waals surface area contributed by atoms with Crippen LogP contribution in [0.1, 0.15) is 20.3 Å². The molecule has 0 amide bonds. The lowest BCUT2D eigenvalue weighted by atomic mass is 10.0. The van der Waals surface area contributed by atoms with Gasteiger partial charge in [0.15, 0.2) is 0 Å². The molecule has 88 valence electrons. The number of hydrogen-bond acceptors (Lipinski definition) is 4. The Morgan fingerprint density at radius 1 is 1.20 bits per heavy atom. The largest absolute Gasteiger partial charge is 0.391 e. The Morgan fingerprint density at radius 3 is 2.47 bits per heavy atom. The normalized spacial score (nSPS) is 44.2. The van der Waals surface area contributed by atoms with Crippen LogP contribution in [0.15, 0.2) is 0 Å². The van der Waals surface area contributed by atoms with Crippen molar-refractivity contribution in [2.45, 2.75) is 44.6 Å². The highest BCUT2D eigenvalue weighted by atomic mass is 16.5. The first-order chi connectivity index (χ1) is 7.16. The predicted molar refractivity (Wildman–Crippen MR) is 56.8 cm³/mol. The molecule has 0 aromatic heterocycles. The second-order valence-corrected chi connectivity index (χ2v) is 4.71. The maximum Gasteiger partial charge on any atom is 0.0739 e. The molecule has 0 aromatic rings. The van der Waals surface area contributed by atoms with Gasteiger partial charge in [-0.05, 0) is 20.3 Å². The molecule has 4 nitrogen and oxygen atoms in total. The summed E-state index contributed by atoms with van der Waals surface area (Å²) in [7, 11) is 0. The summed E-state index contributed by atoms with van der Waals surface area (Å²) in [6, 6.07) is 0.160. The van der Waals surface area contributed by atoms with Crippen LogP contribution in [0.25, 0.3) is 0 Å². The summed E-state index contributed by atoms with van der Waals surface area (Å²) in [6.45, 7) is 7.30. The van der Waals surface area contributed by atoms with Gasteiger partial charge in [-0.15, -0.1) is 0 Å². The van der Waals surface area contributed by atoms with Crippen LogP contribution in [-0.2, 0) is 9.47 Å². The van der Waals surface area contributed by atoms with Crippen LogP contribution >= 0.6 is 0 Å². The van der Waals surface area contributed by atoms with Crippen LogP contribution in [-0.4, -0.2) is 60.7 Å². The smallest absolute Gasteiger partial charge is 0.0739 e. The highest BCUT2D eigenvalue weighted by molar-refractivity contribution is 4.86. The number of aliphatic hydroxyl groups is 1. The predicted octanol–water partition coefficient (Wildman–Crippen LogP) is 0.245. The topological polar surface area (TPSA) is 41.9 Å². The monoisotopic (exact) mass is 215 g/mol. The van der Waals surface area contributed by atoms with Crippen LogP contribution in [0.2, 0.25) is 0 Å². The lowest BCUT2D eigenvalue weighted by molar-refractivity contribution is -0.125. The maximum absolute atomic E-state index is 9.93. The van der Waals surface area contributed by atoms with E-state index in [0.717, 1.165) is 19.5 Å². The minimum Gasteiger partial charge on any atom is -0.391 e. The van der Waals surface area contributed by atoms with Crippen molar-refractivity contribution in [1.29, 1.82) is 0 Å². The molecular weight excluding hydrogens is 194 g/mol. The van der Waals surface area contributed by atoms with Gasteiger partial charge >= 0.3 is 0 Å². The van der Waals surface area contributed by atoms with Crippen molar-refractivity contribution in [1.82, 2.24) is 4.90 Å². The van der Waals surface area contributed by atoms with Crippen LogP contribution in [0.5, 0.6) is 0 Å². The van der Waals surface area contributed by atoms with Gasteiger partial charge in [0.25, 0.3) is 0 Å². The average molecular weight is 215 g/mol. The van der Waals surface area contributed by atoms with E-state index in [0.29, 0.717) is 13.2 Å². The molecule has 15 heavy (non-hydrogen) atoms. The zero-order valence-corrected chi connectivity index (χ0v) is 9.56. The van der Waals surface area contributed by atoms with Crippen molar-refractivity contribution in [3.05, 3.63) is 0 Å². The van der Waals surface area contributed by atoms with Gasteiger partial charge in [-0.2, -0.15) is 0 Å². The zero-order valence-electron chi connectivity index (χ0n) is 9.56. The highest BCUT2D eigenvalue weighted by Crippen LogP contribution is 2.19. The van der Waals surface area contributed by atoms with Gasteiger partial charge in [0.2, 0.25) is 0 Å². The van der Waals surface area contributed by atoms with Crippen molar-refractivity contribution in [3.63, 3.8) is 0 Å². The number of rotatable bonds is 1. The molecule has 0 aromatic carbocycles. The minimum atomic E-state index is -0.240. The average Bonchev–Trinajstić information content (AvgIpc) is 2.16. The second kappa shape index (κ2) is 4.78. The first-order valence-corrected chi connectivity index (χ1v) is 5.82. The SMILES string of the molecule is C[C@@H]1CN(C2COCCC2O)C[C@H](C)O1. The molecular formula is C11H21NO3. The Balaban J connectivity index is 1.95. The number of hydrogen-bond donors (Lipinski definition) is 1. The molecule has 2 heterocycles. The Kier molecular flexibility index (Phi) is 3.61.